The molecule has 20 heavy (non-hydrogen) atoms. The molecule has 1 aromatic heterocycles. The highest BCUT2D eigenvalue weighted by Crippen LogP contribution is 2.34. The van der Waals surface area contributed by atoms with E-state index in [0.29, 0.717) is 11.6 Å². The van der Waals surface area contributed by atoms with Gasteiger partial charge < -0.3 is 9.84 Å². The maximum atomic E-state index is 10.0. The number of thioether (sulfide) groups is 1. The first-order valence-electron chi connectivity index (χ1n) is 6.02. The van der Waals surface area contributed by atoms with Crippen LogP contribution in [-0.2, 0) is 0 Å². The van der Waals surface area contributed by atoms with E-state index in [1.165, 1.54) is 18.1 Å². The summed E-state index contributed by atoms with van der Waals surface area (Å²) in [5.74, 6) is 0.886. The highest BCUT2D eigenvalue weighted by atomic mass is 32.2. The molecule has 3 rings (SSSR count). The van der Waals surface area contributed by atoms with E-state index < -0.39 is 0 Å². The van der Waals surface area contributed by atoms with Gasteiger partial charge in [-0.05, 0) is 29.2 Å². The lowest BCUT2D eigenvalue weighted by molar-refractivity contribution is 0.402. The quantitative estimate of drug-likeness (QED) is 0.585. The van der Waals surface area contributed by atoms with Crippen molar-refractivity contribution in [3.63, 3.8) is 0 Å². The van der Waals surface area contributed by atoms with Crippen LogP contribution in [0.2, 0.25) is 0 Å². The van der Waals surface area contributed by atoms with Crippen molar-refractivity contribution < 1.29 is 9.84 Å². The van der Waals surface area contributed by atoms with E-state index in [9.17, 15) is 5.11 Å². The first-order chi connectivity index (χ1) is 9.76. The van der Waals surface area contributed by atoms with Crippen molar-refractivity contribution >= 4 is 22.5 Å². The van der Waals surface area contributed by atoms with Crippen molar-refractivity contribution in [1.29, 1.82) is 0 Å². The molecule has 1 N–H and O–H groups in total. The number of fused-ring (bicyclic) bond motifs is 1. The van der Waals surface area contributed by atoms with E-state index in [1.54, 1.807) is 18.2 Å². The molecular weight excluding hydrogens is 272 g/mol. The van der Waals surface area contributed by atoms with E-state index in [-0.39, 0.29) is 5.75 Å². The summed E-state index contributed by atoms with van der Waals surface area (Å²) in [6.45, 7) is 0. The molecule has 100 valence electrons. The number of benzene rings is 2. The second kappa shape index (κ2) is 5.38. The molecule has 0 aliphatic heterocycles. The predicted octanol–water partition coefficient (Wildman–Crippen LogP) is 3.85. The van der Waals surface area contributed by atoms with Crippen LogP contribution in [0.5, 0.6) is 17.4 Å². The van der Waals surface area contributed by atoms with Crippen molar-refractivity contribution in [1.82, 2.24) is 9.97 Å². The van der Waals surface area contributed by atoms with Gasteiger partial charge in [-0.3, -0.25) is 0 Å². The Hall–Kier alpha value is -2.27. The molecule has 1 heterocycles. The fourth-order valence-electron chi connectivity index (χ4n) is 1.89. The first-order valence-corrected chi connectivity index (χ1v) is 7.24. The fraction of sp³-hybridized carbons (Fsp3) is 0.0667. The topological polar surface area (TPSA) is 55.2 Å². The monoisotopic (exact) mass is 284 g/mol. The minimum Gasteiger partial charge on any atom is -0.504 e. The maximum absolute atomic E-state index is 10.0. The highest BCUT2D eigenvalue weighted by Gasteiger charge is 2.08. The Kier molecular flexibility index (Phi) is 3.43. The fourth-order valence-corrected chi connectivity index (χ4v) is 2.26. The van der Waals surface area contributed by atoms with Gasteiger partial charge >= 0.3 is 0 Å². The minimum absolute atomic E-state index is 0.0908. The standard InChI is InChI=1S/C15H12N2O2S/c1-20-15-8-14(16-9-17-15)19-13-7-11-5-3-2-4-10(11)6-12(13)18/h2-9,18H,1H3. The number of phenolic OH excluding ortho intramolecular Hbond substituents is 1. The molecule has 0 atom stereocenters. The molecule has 0 saturated heterocycles. The number of hydrogen-bond donors (Lipinski definition) is 1. The summed E-state index contributed by atoms with van der Waals surface area (Å²) in [7, 11) is 0. The van der Waals surface area contributed by atoms with Gasteiger partial charge in [0.25, 0.3) is 0 Å². The molecule has 0 bridgehead atoms. The van der Waals surface area contributed by atoms with Crippen molar-refractivity contribution in [3.05, 3.63) is 48.8 Å². The Labute approximate surface area is 120 Å². The molecule has 5 heteroatoms. The van der Waals surface area contributed by atoms with Gasteiger partial charge in [0.05, 0.1) is 0 Å². The van der Waals surface area contributed by atoms with Crippen LogP contribution < -0.4 is 4.74 Å². The van der Waals surface area contributed by atoms with Crippen LogP contribution in [0.3, 0.4) is 0 Å². The first kappa shape index (κ1) is 12.7. The molecule has 0 unspecified atom stereocenters. The van der Waals surface area contributed by atoms with Gasteiger partial charge in [-0.15, -0.1) is 11.8 Å². The Bertz CT molecular complexity index is 762. The highest BCUT2D eigenvalue weighted by molar-refractivity contribution is 7.98. The van der Waals surface area contributed by atoms with Gasteiger partial charge in [0.15, 0.2) is 11.5 Å². The van der Waals surface area contributed by atoms with E-state index in [4.69, 9.17) is 4.74 Å². The zero-order valence-electron chi connectivity index (χ0n) is 10.8. The Balaban J connectivity index is 1.99. The molecule has 0 aliphatic carbocycles. The number of aromatic hydroxyl groups is 1. The molecule has 3 aromatic rings. The van der Waals surface area contributed by atoms with Gasteiger partial charge in [-0.2, -0.15) is 0 Å². The normalized spacial score (nSPS) is 10.7. The molecule has 0 fully saturated rings. The SMILES string of the molecule is CSc1cc(Oc2cc3ccccc3cc2O)ncn1. The lowest BCUT2D eigenvalue weighted by Gasteiger charge is -2.08. The predicted molar refractivity (Wildman–Crippen MR) is 79.5 cm³/mol. The second-order valence-corrected chi connectivity index (χ2v) is 4.99. The summed E-state index contributed by atoms with van der Waals surface area (Å²) in [6.07, 6.45) is 3.37. The summed E-state index contributed by atoms with van der Waals surface area (Å²) in [4.78, 5) is 8.13. The van der Waals surface area contributed by atoms with E-state index in [2.05, 4.69) is 9.97 Å². The number of rotatable bonds is 3. The third-order valence-electron chi connectivity index (χ3n) is 2.87. The molecule has 0 spiro atoms. The van der Waals surface area contributed by atoms with Gasteiger partial charge in [0, 0.05) is 6.07 Å². The van der Waals surface area contributed by atoms with Crippen molar-refractivity contribution in [2.75, 3.05) is 6.26 Å². The van der Waals surface area contributed by atoms with Crippen LogP contribution >= 0.6 is 11.8 Å². The summed E-state index contributed by atoms with van der Waals surface area (Å²) < 4.78 is 5.65. The Morgan fingerprint density at radius 2 is 1.80 bits per heavy atom. The number of hydrogen-bond acceptors (Lipinski definition) is 5. The minimum atomic E-state index is 0.0908. The van der Waals surface area contributed by atoms with E-state index in [0.717, 1.165) is 15.8 Å². The number of aromatic nitrogens is 2. The van der Waals surface area contributed by atoms with Crippen molar-refractivity contribution in [2.24, 2.45) is 0 Å². The third kappa shape index (κ3) is 2.53. The summed E-state index contributed by atoms with van der Waals surface area (Å²) in [5, 5.41) is 12.8. The van der Waals surface area contributed by atoms with Gasteiger partial charge in [0.2, 0.25) is 5.88 Å². The van der Waals surface area contributed by atoms with Crippen LogP contribution in [0.1, 0.15) is 0 Å². The molecule has 0 radical (unpaired) electrons. The zero-order chi connectivity index (χ0) is 13.9. The second-order valence-electron chi connectivity index (χ2n) is 4.17. The molecule has 0 aliphatic rings. The number of nitrogens with zero attached hydrogens (tertiary/aromatic N) is 2. The van der Waals surface area contributed by atoms with Crippen LogP contribution in [-0.4, -0.2) is 21.3 Å². The van der Waals surface area contributed by atoms with E-state index >= 15 is 0 Å². The zero-order valence-corrected chi connectivity index (χ0v) is 11.6. The van der Waals surface area contributed by atoms with Gasteiger partial charge in [0.1, 0.15) is 11.4 Å². The average Bonchev–Trinajstić information content (AvgIpc) is 2.48. The van der Waals surface area contributed by atoms with Crippen LogP contribution in [0.4, 0.5) is 0 Å². The van der Waals surface area contributed by atoms with Gasteiger partial charge in [-0.25, -0.2) is 9.97 Å². The molecule has 0 amide bonds. The van der Waals surface area contributed by atoms with Crippen molar-refractivity contribution in [2.45, 2.75) is 5.03 Å². The lowest BCUT2D eigenvalue weighted by atomic mass is 10.1. The van der Waals surface area contributed by atoms with Crippen LogP contribution in [0.15, 0.2) is 53.8 Å². The van der Waals surface area contributed by atoms with Gasteiger partial charge in [-0.1, -0.05) is 24.3 Å². The lowest BCUT2D eigenvalue weighted by Crippen LogP contribution is -1.90. The van der Waals surface area contributed by atoms with Crippen molar-refractivity contribution in [3.8, 4) is 17.4 Å². The molecule has 4 nitrogen and oxygen atoms in total. The summed E-state index contributed by atoms with van der Waals surface area (Å²) in [6, 6.07) is 13.0. The number of phenols is 1. The molecule has 0 saturated carbocycles. The Morgan fingerprint density at radius 3 is 2.55 bits per heavy atom. The largest absolute Gasteiger partial charge is 0.504 e. The number of ether oxygens (including phenoxy) is 1. The average molecular weight is 284 g/mol. The Morgan fingerprint density at radius 1 is 1.05 bits per heavy atom. The molecular formula is C15H12N2O2S. The smallest absolute Gasteiger partial charge is 0.223 e. The maximum Gasteiger partial charge on any atom is 0.223 e. The van der Waals surface area contributed by atoms with Crippen LogP contribution in [0, 0.1) is 0 Å². The molecule has 2 aromatic carbocycles. The summed E-state index contributed by atoms with van der Waals surface area (Å²) >= 11 is 1.51. The van der Waals surface area contributed by atoms with Crippen LogP contribution in [0.25, 0.3) is 10.8 Å². The van der Waals surface area contributed by atoms with E-state index in [1.807, 2.05) is 30.5 Å². The summed E-state index contributed by atoms with van der Waals surface area (Å²) in [5.41, 5.74) is 0. The third-order valence-corrected chi connectivity index (χ3v) is 3.51.